The molecule has 0 radical (unpaired) electrons. The summed E-state index contributed by atoms with van der Waals surface area (Å²) in [6.07, 6.45) is 0. The number of methoxy groups -OCH3 is 1. The van der Waals surface area contributed by atoms with Crippen LogP contribution in [0.2, 0.25) is 0 Å². The lowest BCUT2D eigenvalue weighted by Gasteiger charge is -2.15. The number of aromatic nitrogens is 2. The molecule has 0 aliphatic heterocycles. The number of hydrogen-bond acceptors (Lipinski definition) is 5. The van der Waals surface area contributed by atoms with E-state index in [0.29, 0.717) is 17.3 Å². The van der Waals surface area contributed by atoms with Crippen molar-refractivity contribution in [3.63, 3.8) is 0 Å². The Labute approximate surface area is 162 Å². The van der Waals surface area contributed by atoms with Gasteiger partial charge in [-0.05, 0) is 47.2 Å². The van der Waals surface area contributed by atoms with Crippen molar-refractivity contribution >= 4 is 16.7 Å². The number of benzene rings is 3. The molecule has 3 aromatic carbocycles. The van der Waals surface area contributed by atoms with Gasteiger partial charge in [0.2, 0.25) is 11.7 Å². The summed E-state index contributed by atoms with van der Waals surface area (Å²) >= 11 is 0. The fourth-order valence-corrected chi connectivity index (χ4v) is 2.99. The van der Waals surface area contributed by atoms with Crippen LogP contribution in [0.4, 0.5) is 0 Å². The number of carbonyl (C=O) groups is 1. The van der Waals surface area contributed by atoms with Crippen molar-refractivity contribution in [1.82, 2.24) is 15.0 Å². The van der Waals surface area contributed by atoms with Crippen molar-refractivity contribution < 1.29 is 14.1 Å². The van der Waals surface area contributed by atoms with Gasteiger partial charge in [0.25, 0.3) is 5.91 Å². The Morgan fingerprint density at radius 3 is 2.54 bits per heavy atom. The first-order valence-corrected chi connectivity index (χ1v) is 8.85. The maximum atomic E-state index is 12.8. The van der Waals surface area contributed by atoms with E-state index in [1.54, 1.807) is 19.1 Å². The van der Waals surface area contributed by atoms with E-state index >= 15 is 0 Å². The largest absolute Gasteiger partial charge is 0.497 e. The zero-order valence-electron chi connectivity index (χ0n) is 15.6. The molecule has 0 bridgehead atoms. The van der Waals surface area contributed by atoms with E-state index in [1.807, 2.05) is 66.7 Å². The van der Waals surface area contributed by atoms with Gasteiger partial charge < -0.3 is 14.2 Å². The zero-order valence-corrected chi connectivity index (χ0v) is 15.6. The molecule has 0 unspecified atom stereocenters. The van der Waals surface area contributed by atoms with Crippen LogP contribution >= 0.6 is 0 Å². The number of ether oxygens (including phenoxy) is 1. The second-order valence-electron chi connectivity index (χ2n) is 6.46. The summed E-state index contributed by atoms with van der Waals surface area (Å²) in [4.78, 5) is 18.7. The van der Waals surface area contributed by atoms with Crippen LogP contribution in [-0.4, -0.2) is 35.1 Å². The average molecular weight is 373 g/mol. The molecule has 1 heterocycles. The van der Waals surface area contributed by atoms with Gasteiger partial charge in [0.05, 0.1) is 13.7 Å². The Hall–Kier alpha value is -3.67. The monoisotopic (exact) mass is 373 g/mol. The van der Waals surface area contributed by atoms with Crippen LogP contribution in [0.15, 0.2) is 71.3 Å². The predicted molar refractivity (Wildman–Crippen MR) is 106 cm³/mol. The Morgan fingerprint density at radius 2 is 1.79 bits per heavy atom. The maximum Gasteiger partial charge on any atom is 0.254 e. The molecule has 6 heteroatoms. The molecule has 0 atom stereocenters. The van der Waals surface area contributed by atoms with Crippen molar-refractivity contribution in [1.29, 1.82) is 0 Å². The van der Waals surface area contributed by atoms with Gasteiger partial charge in [0.1, 0.15) is 5.75 Å². The maximum absolute atomic E-state index is 12.8. The molecule has 0 spiro atoms. The average Bonchev–Trinajstić information content (AvgIpc) is 3.21. The summed E-state index contributed by atoms with van der Waals surface area (Å²) in [5.74, 6) is 1.51. The van der Waals surface area contributed by atoms with E-state index < -0.39 is 0 Å². The molecule has 4 aromatic rings. The van der Waals surface area contributed by atoms with Gasteiger partial charge in [0, 0.05) is 18.2 Å². The van der Waals surface area contributed by atoms with Gasteiger partial charge in [-0.25, -0.2) is 0 Å². The van der Waals surface area contributed by atoms with E-state index in [4.69, 9.17) is 9.26 Å². The third kappa shape index (κ3) is 3.57. The van der Waals surface area contributed by atoms with Crippen LogP contribution in [0.25, 0.3) is 22.2 Å². The summed E-state index contributed by atoms with van der Waals surface area (Å²) in [5, 5.41) is 6.13. The topological polar surface area (TPSA) is 68.5 Å². The number of rotatable bonds is 5. The van der Waals surface area contributed by atoms with Gasteiger partial charge in [0.15, 0.2) is 0 Å². The van der Waals surface area contributed by atoms with E-state index in [2.05, 4.69) is 10.1 Å². The predicted octanol–water partition coefficient (Wildman–Crippen LogP) is 4.17. The highest BCUT2D eigenvalue weighted by Gasteiger charge is 2.16. The third-order valence-electron chi connectivity index (χ3n) is 4.53. The van der Waals surface area contributed by atoms with Crippen LogP contribution in [0.1, 0.15) is 16.2 Å². The Bertz CT molecular complexity index is 1120. The fraction of sp³-hybridized carbons (Fsp3) is 0.136. The molecule has 6 nitrogen and oxygen atoms in total. The van der Waals surface area contributed by atoms with Crippen molar-refractivity contribution in [3.8, 4) is 17.1 Å². The summed E-state index contributed by atoms with van der Waals surface area (Å²) < 4.78 is 10.5. The molecule has 140 valence electrons. The molecule has 28 heavy (non-hydrogen) atoms. The number of nitrogens with zero attached hydrogens (tertiary/aromatic N) is 3. The van der Waals surface area contributed by atoms with Crippen molar-refractivity contribution in [2.45, 2.75) is 6.54 Å². The SMILES string of the molecule is COc1ccc(-c2noc(CN(C)C(=O)c3ccc4ccccc4c3)n2)cc1. The number of fused-ring (bicyclic) bond motifs is 1. The zero-order chi connectivity index (χ0) is 19.5. The molecular weight excluding hydrogens is 354 g/mol. The standard InChI is InChI=1S/C22H19N3O3/c1-25(22(26)18-8-7-15-5-3-4-6-17(15)13-18)14-20-23-21(24-28-20)16-9-11-19(27-2)12-10-16/h3-13H,14H2,1-2H3. The third-order valence-corrected chi connectivity index (χ3v) is 4.53. The molecule has 4 rings (SSSR count). The van der Waals surface area contributed by atoms with Crippen LogP contribution in [0.3, 0.4) is 0 Å². The Kier molecular flexibility index (Phi) is 4.76. The first-order valence-electron chi connectivity index (χ1n) is 8.85. The van der Waals surface area contributed by atoms with Crippen LogP contribution < -0.4 is 4.74 Å². The summed E-state index contributed by atoms with van der Waals surface area (Å²) in [6.45, 7) is 0.231. The highest BCUT2D eigenvalue weighted by Crippen LogP contribution is 2.21. The first kappa shape index (κ1) is 17.7. The second-order valence-corrected chi connectivity index (χ2v) is 6.46. The molecular formula is C22H19N3O3. The van der Waals surface area contributed by atoms with E-state index in [-0.39, 0.29) is 12.5 Å². The van der Waals surface area contributed by atoms with Gasteiger partial charge in [-0.1, -0.05) is 35.5 Å². The van der Waals surface area contributed by atoms with Gasteiger partial charge in [-0.3, -0.25) is 4.79 Å². The Balaban J connectivity index is 1.48. The minimum atomic E-state index is -0.102. The highest BCUT2D eigenvalue weighted by atomic mass is 16.5. The van der Waals surface area contributed by atoms with Gasteiger partial charge in [-0.2, -0.15) is 4.98 Å². The summed E-state index contributed by atoms with van der Waals surface area (Å²) in [6, 6.07) is 21.0. The molecule has 0 aliphatic rings. The second kappa shape index (κ2) is 7.52. The highest BCUT2D eigenvalue weighted by molar-refractivity contribution is 5.98. The number of amides is 1. The van der Waals surface area contributed by atoms with Crippen molar-refractivity contribution in [2.75, 3.05) is 14.2 Å². The van der Waals surface area contributed by atoms with Gasteiger partial charge in [-0.15, -0.1) is 0 Å². The lowest BCUT2D eigenvalue weighted by molar-refractivity contribution is 0.0769. The lowest BCUT2D eigenvalue weighted by atomic mass is 10.1. The Morgan fingerprint density at radius 1 is 1.04 bits per heavy atom. The molecule has 0 saturated carbocycles. The van der Waals surface area contributed by atoms with Crippen LogP contribution in [-0.2, 0) is 6.54 Å². The fourth-order valence-electron chi connectivity index (χ4n) is 2.99. The summed E-state index contributed by atoms with van der Waals surface area (Å²) in [5.41, 5.74) is 1.44. The molecule has 0 aliphatic carbocycles. The van der Waals surface area contributed by atoms with Crippen LogP contribution in [0.5, 0.6) is 5.75 Å². The molecule has 1 aromatic heterocycles. The number of carbonyl (C=O) groups excluding carboxylic acids is 1. The first-order chi connectivity index (χ1) is 13.6. The number of hydrogen-bond donors (Lipinski definition) is 0. The smallest absolute Gasteiger partial charge is 0.254 e. The van der Waals surface area contributed by atoms with Crippen molar-refractivity contribution in [2.24, 2.45) is 0 Å². The van der Waals surface area contributed by atoms with Crippen LogP contribution in [0, 0.1) is 0 Å². The van der Waals surface area contributed by atoms with E-state index in [0.717, 1.165) is 22.1 Å². The van der Waals surface area contributed by atoms with E-state index in [9.17, 15) is 4.79 Å². The van der Waals surface area contributed by atoms with Crippen molar-refractivity contribution in [3.05, 3.63) is 78.2 Å². The molecule has 1 amide bonds. The normalized spacial score (nSPS) is 10.8. The minimum absolute atomic E-state index is 0.102. The quantitative estimate of drug-likeness (QED) is 0.525. The summed E-state index contributed by atoms with van der Waals surface area (Å²) in [7, 11) is 3.33. The van der Waals surface area contributed by atoms with E-state index in [1.165, 1.54) is 0 Å². The molecule has 0 fully saturated rings. The lowest BCUT2D eigenvalue weighted by Crippen LogP contribution is -2.26. The molecule has 0 saturated heterocycles. The van der Waals surface area contributed by atoms with Gasteiger partial charge >= 0.3 is 0 Å². The molecule has 0 N–H and O–H groups in total. The minimum Gasteiger partial charge on any atom is -0.497 e.